The Kier molecular flexibility index (Phi) is 3.15. The second kappa shape index (κ2) is 5.27. The number of nitrogens with two attached hydrogens (primary N) is 1. The lowest BCUT2D eigenvalue weighted by Gasteiger charge is -2.06. The summed E-state index contributed by atoms with van der Waals surface area (Å²) < 4.78 is 5.66. The predicted octanol–water partition coefficient (Wildman–Crippen LogP) is 2.32. The van der Waals surface area contributed by atoms with Crippen molar-refractivity contribution in [3.63, 3.8) is 0 Å². The van der Waals surface area contributed by atoms with Gasteiger partial charge in [-0.1, -0.05) is 0 Å². The highest BCUT2D eigenvalue weighted by Gasteiger charge is 2.01. The molecule has 0 radical (unpaired) electrons. The number of aromatic nitrogens is 4. The zero-order chi connectivity index (χ0) is 13.8. The Morgan fingerprint density at radius 3 is 2.35 bits per heavy atom. The quantitative estimate of drug-likeness (QED) is 0.671. The number of pyridine rings is 1. The molecular weight excluding hydrogens is 256 g/mol. The van der Waals surface area contributed by atoms with Crippen LogP contribution in [0.25, 0.3) is 0 Å². The molecule has 0 saturated heterocycles. The third-order valence-corrected chi connectivity index (χ3v) is 2.50. The highest BCUT2D eigenvalue weighted by Crippen LogP contribution is 2.23. The molecule has 0 spiro atoms. The van der Waals surface area contributed by atoms with E-state index in [1.165, 1.54) is 0 Å². The number of hydrogen-bond donors (Lipinski definition) is 3. The minimum absolute atomic E-state index is 0.269. The molecule has 0 amide bonds. The number of nitrogen functional groups attached to an aromatic ring is 1. The molecule has 100 valence electrons. The van der Waals surface area contributed by atoms with Crippen LogP contribution in [0.5, 0.6) is 11.5 Å². The highest BCUT2D eigenvalue weighted by atomic mass is 16.5. The number of benzene rings is 1. The molecule has 7 heteroatoms. The first-order valence-electron chi connectivity index (χ1n) is 5.92. The zero-order valence-corrected chi connectivity index (χ0v) is 10.4. The van der Waals surface area contributed by atoms with Crippen LogP contribution >= 0.6 is 0 Å². The van der Waals surface area contributed by atoms with Gasteiger partial charge in [0.25, 0.3) is 0 Å². The van der Waals surface area contributed by atoms with Crippen molar-refractivity contribution in [3.05, 3.63) is 48.8 Å². The average molecular weight is 268 g/mol. The first-order valence-corrected chi connectivity index (χ1v) is 5.92. The second-order valence-corrected chi connectivity index (χ2v) is 3.98. The van der Waals surface area contributed by atoms with Crippen molar-refractivity contribution in [1.29, 1.82) is 0 Å². The number of rotatable bonds is 4. The van der Waals surface area contributed by atoms with E-state index < -0.39 is 0 Å². The molecule has 0 atom stereocenters. The average Bonchev–Trinajstić information content (AvgIpc) is 2.88. The number of nitrogens with zero attached hydrogens (tertiary/aromatic N) is 3. The third kappa shape index (κ3) is 2.83. The Morgan fingerprint density at radius 1 is 1.00 bits per heavy atom. The minimum atomic E-state index is 0.269. The Morgan fingerprint density at radius 2 is 1.70 bits per heavy atom. The lowest BCUT2D eigenvalue weighted by Crippen LogP contribution is -1.93. The summed E-state index contributed by atoms with van der Waals surface area (Å²) in [5, 5.41) is 9.46. The second-order valence-electron chi connectivity index (χ2n) is 3.98. The lowest BCUT2D eigenvalue weighted by atomic mass is 10.3. The van der Waals surface area contributed by atoms with E-state index in [2.05, 4.69) is 25.5 Å². The van der Waals surface area contributed by atoms with Gasteiger partial charge in [-0.15, -0.1) is 5.10 Å². The Hall–Kier alpha value is -3.09. The summed E-state index contributed by atoms with van der Waals surface area (Å²) in [7, 11) is 0. The number of hydrogen-bond acceptors (Lipinski definition) is 6. The molecule has 3 rings (SSSR count). The summed E-state index contributed by atoms with van der Waals surface area (Å²) in [5.41, 5.74) is 6.29. The fraction of sp³-hybridized carbons (Fsp3) is 0. The molecule has 0 unspecified atom stereocenters. The van der Waals surface area contributed by atoms with Crippen LogP contribution in [0.4, 0.5) is 17.6 Å². The highest BCUT2D eigenvalue weighted by molar-refractivity contribution is 5.55. The topological polar surface area (TPSA) is 102 Å². The maximum Gasteiger partial charge on any atom is 0.248 e. The number of ether oxygens (including phenoxy) is 1. The van der Waals surface area contributed by atoms with Gasteiger partial charge in [-0.2, -0.15) is 4.98 Å². The molecule has 0 saturated carbocycles. The van der Waals surface area contributed by atoms with Gasteiger partial charge in [0.2, 0.25) is 11.9 Å². The molecule has 0 bridgehead atoms. The molecule has 2 aromatic heterocycles. The summed E-state index contributed by atoms with van der Waals surface area (Å²) >= 11 is 0. The Balaban J connectivity index is 1.68. The zero-order valence-electron chi connectivity index (χ0n) is 10.4. The molecule has 0 aliphatic rings. The van der Waals surface area contributed by atoms with Gasteiger partial charge in [0.05, 0.1) is 0 Å². The molecular formula is C13H12N6O. The van der Waals surface area contributed by atoms with E-state index in [0.29, 0.717) is 5.95 Å². The smallest absolute Gasteiger partial charge is 0.248 e. The van der Waals surface area contributed by atoms with Gasteiger partial charge in [0, 0.05) is 18.1 Å². The van der Waals surface area contributed by atoms with E-state index in [-0.39, 0.29) is 5.95 Å². The van der Waals surface area contributed by atoms with Gasteiger partial charge in [-0.05, 0) is 36.4 Å². The molecule has 0 aliphatic heterocycles. The number of H-pyrrole nitrogens is 1. The minimum Gasteiger partial charge on any atom is -0.457 e. The molecule has 0 fully saturated rings. The largest absolute Gasteiger partial charge is 0.457 e. The Labute approximate surface area is 114 Å². The van der Waals surface area contributed by atoms with Gasteiger partial charge in [-0.25, -0.2) is 5.10 Å². The van der Waals surface area contributed by atoms with Crippen LogP contribution in [0.15, 0.2) is 48.8 Å². The van der Waals surface area contributed by atoms with Crippen molar-refractivity contribution in [3.8, 4) is 11.5 Å². The SMILES string of the molecule is Nc1nc(Nc2ccc(Oc3ccncc3)cc2)n[nH]1. The maximum atomic E-state index is 5.66. The number of aromatic amines is 1. The predicted molar refractivity (Wildman–Crippen MR) is 74.8 cm³/mol. The number of nitrogens with one attached hydrogen (secondary N) is 2. The van der Waals surface area contributed by atoms with E-state index in [1.54, 1.807) is 24.5 Å². The lowest BCUT2D eigenvalue weighted by molar-refractivity contribution is 0.482. The normalized spacial score (nSPS) is 10.2. The molecule has 7 nitrogen and oxygen atoms in total. The van der Waals surface area contributed by atoms with E-state index in [4.69, 9.17) is 10.5 Å². The fourth-order valence-corrected chi connectivity index (χ4v) is 1.61. The van der Waals surface area contributed by atoms with Gasteiger partial charge in [0.15, 0.2) is 0 Å². The third-order valence-electron chi connectivity index (χ3n) is 2.50. The van der Waals surface area contributed by atoms with Crippen molar-refractivity contribution in [2.24, 2.45) is 0 Å². The molecule has 0 aliphatic carbocycles. The first kappa shape index (κ1) is 12.0. The molecule has 3 aromatic rings. The molecule has 20 heavy (non-hydrogen) atoms. The van der Waals surface area contributed by atoms with Gasteiger partial charge in [-0.3, -0.25) is 4.98 Å². The van der Waals surface area contributed by atoms with Crippen LogP contribution in [0.1, 0.15) is 0 Å². The first-order chi connectivity index (χ1) is 9.79. The van der Waals surface area contributed by atoms with E-state index >= 15 is 0 Å². The van der Waals surface area contributed by atoms with Gasteiger partial charge >= 0.3 is 0 Å². The van der Waals surface area contributed by atoms with E-state index in [9.17, 15) is 0 Å². The van der Waals surface area contributed by atoms with E-state index in [1.807, 2.05) is 24.3 Å². The molecule has 4 N–H and O–H groups in total. The molecule has 2 heterocycles. The van der Waals surface area contributed by atoms with Crippen molar-refractivity contribution in [2.45, 2.75) is 0 Å². The van der Waals surface area contributed by atoms with Crippen LogP contribution in [0.2, 0.25) is 0 Å². The van der Waals surface area contributed by atoms with Crippen molar-refractivity contribution in [1.82, 2.24) is 20.2 Å². The summed E-state index contributed by atoms with van der Waals surface area (Å²) in [6.45, 7) is 0. The maximum absolute atomic E-state index is 5.66. The Bertz CT molecular complexity index is 680. The van der Waals surface area contributed by atoms with Crippen LogP contribution in [-0.2, 0) is 0 Å². The van der Waals surface area contributed by atoms with Crippen LogP contribution in [-0.4, -0.2) is 20.2 Å². The summed E-state index contributed by atoms with van der Waals surface area (Å²) in [4.78, 5) is 7.89. The summed E-state index contributed by atoms with van der Waals surface area (Å²) in [6.07, 6.45) is 3.36. The van der Waals surface area contributed by atoms with Crippen LogP contribution < -0.4 is 15.8 Å². The van der Waals surface area contributed by atoms with Crippen molar-refractivity contribution < 1.29 is 4.74 Å². The standard InChI is InChI=1S/C13H12N6O/c14-12-17-13(19-18-12)16-9-1-3-10(4-2-9)20-11-5-7-15-8-6-11/h1-8H,(H4,14,16,17,18,19). The van der Waals surface area contributed by atoms with Crippen LogP contribution in [0, 0.1) is 0 Å². The number of anilines is 3. The van der Waals surface area contributed by atoms with Gasteiger partial charge in [0.1, 0.15) is 11.5 Å². The monoisotopic (exact) mass is 268 g/mol. The summed E-state index contributed by atoms with van der Waals surface area (Å²) in [6, 6.07) is 11.0. The van der Waals surface area contributed by atoms with Crippen LogP contribution in [0.3, 0.4) is 0 Å². The van der Waals surface area contributed by atoms with Crippen molar-refractivity contribution >= 4 is 17.6 Å². The molecule has 1 aromatic carbocycles. The summed E-state index contributed by atoms with van der Waals surface area (Å²) in [5.74, 6) is 2.16. The fourth-order valence-electron chi connectivity index (χ4n) is 1.61. The van der Waals surface area contributed by atoms with Gasteiger partial charge < -0.3 is 15.8 Å². The van der Waals surface area contributed by atoms with Crippen molar-refractivity contribution in [2.75, 3.05) is 11.1 Å². The van der Waals surface area contributed by atoms with E-state index in [0.717, 1.165) is 17.2 Å².